The molecule has 0 heterocycles. The lowest BCUT2D eigenvalue weighted by molar-refractivity contribution is 0.100. The highest BCUT2D eigenvalue weighted by Gasteiger charge is 2.30. The Kier molecular flexibility index (Phi) is 7.91. The first-order valence-electron chi connectivity index (χ1n) is 9.28. The highest BCUT2D eigenvalue weighted by atomic mass is 35.5. The molecule has 3 aromatic carbocycles. The summed E-state index contributed by atoms with van der Waals surface area (Å²) in [6.07, 6.45) is 1.22. The maximum Gasteiger partial charge on any atom is 0.197 e. The number of rotatable bonds is 7. The molecule has 0 aliphatic rings. The van der Waals surface area contributed by atoms with Crippen LogP contribution in [-0.2, 0) is 11.0 Å². The van der Waals surface area contributed by atoms with Crippen molar-refractivity contribution in [2.45, 2.75) is 19.8 Å². The zero-order chi connectivity index (χ0) is 22.7. The Bertz CT molecular complexity index is 1170. The lowest BCUT2D eigenvalue weighted by atomic mass is 9.88. The van der Waals surface area contributed by atoms with Gasteiger partial charge in [0.05, 0.1) is 36.5 Å². The highest BCUT2D eigenvalue weighted by molar-refractivity contribution is 7.34. The van der Waals surface area contributed by atoms with Gasteiger partial charge in [0.1, 0.15) is 0 Å². The number of aryl methyl sites for hydroxylation is 1. The minimum atomic E-state index is -0.599. The SMILES string of the molecule is CCCc1ccc(P=O)c(C(=O)c2c(Cl)cccc2Cl)c1C(=O)c1c(Cl)cccc1Cl. The molecule has 3 rings (SSSR count). The molecule has 0 spiro atoms. The molecule has 0 saturated carbocycles. The van der Waals surface area contributed by atoms with E-state index in [0.717, 1.165) is 0 Å². The molecule has 0 unspecified atom stereocenters. The van der Waals surface area contributed by atoms with Crippen molar-refractivity contribution >= 4 is 71.7 Å². The molecule has 0 saturated heterocycles. The van der Waals surface area contributed by atoms with Crippen molar-refractivity contribution in [1.82, 2.24) is 0 Å². The van der Waals surface area contributed by atoms with Crippen LogP contribution in [0.1, 0.15) is 50.8 Å². The van der Waals surface area contributed by atoms with Crippen LogP contribution in [0.25, 0.3) is 0 Å². The van der Waals surface area contributed by atoms with Crippen molar-refractivity contribution in [1.29, 1.82) is 0 Å². The van der Waals surface area contributed by atoms with Crippen molar-refractivity contribution < 1.29 is 14.2 Å². The number of hydrogen-bond donors (Lipinski definition) is 0. The Morgan fingerprint density at radius 1 is 0.710 bits per heavy atom. The molecule has 8 heteroatoms. The monoisotopic (exact) mass is 510 g/mol. The van der Waals surface area contributed by atoms with Gasteiger partial charge < -0.3 is 0 Å². The van der Waals surface area contributed by atoms with Crippen LogP contribution in [0.15, 0.2) is 48.5 Å². The molecule has 3 nitrogen and oxygen atoms in total. The predicted octanol–water partition coefficient (Wildman–Crippen LogP) is 7.63. The van der Waals surface area contributed by atoms with Crippen LogP contribution < -0.4 is 5.30 Å². The third kappa shape index (κ3) is 4.72. The number of carbonyl (C=O) groups excluding carboxylic acids is 2. The van der Waals surface area contributed by atoms with Crippen molar-refractivity contribution in [3.8, 4) is 0 Å². The van der Waals surface area contributed by atoms with Crippen molar-refractivity contribution in [3.05, 3.63) is 96.4 Å². The third-order valence-electron chi connectivity index (χ3n) is 4.72. The Balaban J connectivity index is 2.38. The number of benzene rings is 3. The fraction of sp³-hybridized carbons (Fsp3) is 0.130. The lowest BCUT2D eigenvalue weighted by Gasteiger charge is -2.17. The molecule has 0 bridgehead atoms. The maximum atomic E-state index is 13.7. The second-order valence-electron chi connectivity index (χ2n) is 6.69. The Hall–Kier alpha value is -1.74. The van der Waals surface area contributed by atoms with E-state index in [2.05, 4.69) is 0 Å². The summed E-state index contributed by atoms with van der Waals surface area (Å²) < 4.78 is 12.0. The second kappa shape index (κ2) is 10.3. The van der Waals surface area contributed by atoms with E-state index in [0.29, 0.717) is 18.4 Å². The minimum absolute atomic E-state index is 0.0291. The van der Waals surface area contributed by atoms with Crippen LogP contribution in [0.2, 0.25) is 20.1 Å². The highest BCUT2D eigenvalue weighted by Crippen LogP contribution is 2.33. The topological polar surface area (TPSA) is 51.2 Å². The summed E-state index contributed by atoms with van der Waals surface area (Å²) >= 11 is 25.1. The smallest absolute Gasteiger partial charge is 0.197 e. The normalized spacial score (nSPS) is 11.0. The zero-order valence-corrected chi connectivity index (χ0v) is 20.1. The molecular formula is C23H15Cl4O3P. The standard InChI is InChI=1S/C23H15Cl4O3P/c1-2-5-12-10-11-17(31-30)21(23(29)20-15(26)8-4-9-16(20)27)18(12)22(28)19-13(24)6-3-7-14(19)25/h3-4,6-11H,2,5H2,1H3. The van der Waals surface area contributed by atoms with Crippen molar-refractivity contribution in [2.75, 3.05) is 0 Å². The number of hydrogen-bond acceptors (Lipinski definition) is 3. The lowest BCUT2D eigenvalue weighted by Crippen LogP contribution is -2.22. The summed E-state index contributed by atoms with van der Waals surface area (Å²) in [5.41, 5.74) is 0.783. The predicted molar refractivity (Wildman–Crippen MR) is 127 cm³/mol. The van der Waals surface area contributed by atoms with Gasteiger partial charge in [-0.15, -0.1) is 0 Å². The number of carbonyl (C=O) groups is 2. The van der Waals surface area contributed by atoms with Crippen LogP contribution >= 0.6 is 54.9 Å². The van der Waals surface area contributed by atoms with E-state index in [1.54, 1.807) is 36.4 Å². The van der Waals surface area contributed by atoms with E-state index in [1.165, 1.54) is 12.1 Å². The Morgan fingerprint density at radius 2 is 1.16 bits per heavy atom. The van der Waals surface area contributed by atoms with E-state index in [1.807, 2.05) is 6.92 Å². The quantitative estimate of drug-likeness (QED) is 0.242. The minimum Gasteiger partial charge on any atom is -0.288 e. The maximum absolute atomic E-state index is 13.7. The fourth-order valence-electron chi connectivity index (χ4n) is 3.36. The first-order chi connectivity index (χ1) is 14.8. The van der Waals surface area contributed by atoms with Crippen LogP contribution in [0, 0.1) is 0 Å². The van der Waals surface area contributed by atoms with E-state index in [4.69, 9.17) is 46.4 Å². The molecule has 31 heavy (non-hydrogen) atoms. The van der Waals surface area contributed by atoms with Crippen molar-refractivity contribution in [3.63, 3.8) is 0 Å². The third-order valence-corrected chi connectivity index (χ3v) is 6.55. The molecular weight excluding hydrogens is 497 g/mol. The summed E-state index contributed by atoms with van der Waals surface area (Å²) in [7, 11) is -0.429. The van der Waals surface area contributed by atoms with Gasteiger partial charge in [0.15, 0.2) is 20.0 Å². The van der Waals surface area contributed by atoms with E-state index in [9.17, 15) is 14.2 Å². The zero-order valence-electron chi connectivity index (χ0n) is 16.2. The Morgan fingerprint density at radius 3 is 1.58 bits per heavy atom. The fourth-order valence-corrected chi connectivity index (χ4v) is 4.94. The molecule has 0 amide bonds. The first-order valence-corrected chi connectivity index (χ1v) is 11.6. The van der Waals surface area contributed by atoms with Gasteiger partial charge in [-0.05, 0) is 42.3 Å². The summed E-state index contributed by atoms with van der Waals surface area (Å²) in [6.45, 7) is 1.95. The average molecular weight is 512 g/mol. The van der Waals surface area contributed by atoms with E-state index >= 15 is 0 Å². The molecule has 0 N–H and O–H groups in total. The Labute approximate surface area is 201 Å². The molecule has 0 radical (unpaired) electrons. The summed E-state index contributed by atoms with van der Waals surface area (Å²) in [5.74, 6) is -1.13. The van der Waals surface area contributed by atoms with Crippen LogP contribution in [0.4, 0.5) is 0 Å². The number of halogens is 4. The van der Waals surface area contributed by atoms with Crippen LogP contribution in [0.3, 0.4) is 0 Å². The summed E-state index contributed by atoms with van der Waals surface area (Å²) in [4.78, 5) is 27.3. The molecule has 158 valence electrons. The molecule has 0 fully saturated rings. The summed E-state index contributed by atoms with van der Waals surface area (Å²) in [6, 6.07) is 12.6. The van der Waals surface area contributed by atoms with E-state index in [-0.39, 0.29) is 47.6 Å². The van der Waals surface area contributed by atoms with Gasteiger partial charge in [-0.3, -0.25) is 14.2 Å². The van der Waals surface area contributed by atoms with Crippen molar-refractivity contribution in [2.24, 2.45) is 0 Å². The van der Waals surface area contributed by atoms with Gasteiger partial charge in [0.2, 0.25) is 0 Å². The molecule has 0 aliphatic heterocycles. The second-order valence-corrected chi connectivity index (χ2v) is 8.98. The largest absolute Gasteiger partial charge is 0.288 e. The summed E-state index contributed by atoms with van der Waals surface area (Å²) in [5, 5.41) is 0.702. The molecule has 0 aromatic heterocycles. The van der Waals surface area contributed by atoms with Gasteiger partial charge in [-0.2, -0.15) is 0 Å². The average Bonchev–Trinajstić information content (AvgIpc) is 2.73. The van der Waals surface area contributed by atoms with Gasteiger partial charge in [0, 0.05) is 11.1 Å². The first kappa shape index (κ1) is 23.9. The molecule has 0 aliphatic carbocycles. The molecule has 3 aromatic rings. The molecule has 0 atom stereocenters. The van der Waals surface area contributed by atoms with Gasteiger partial charge in [-0.1, -0.05) is 77.9 Å². The van der Waals surface area contributed by atoms with Crippen LogP contribution in [0.5, 0.6) is 0 Å². The van der Waals surface area contributed by atoms with Gasteiger partial charge in [-0.25, -0.2) is 0 Å². The van der Waals surface area contributed by atoms with Gasteiger partial charge in [0.25, 0.3) is 0 Å². The van der Waals surface area contributed by atoms with Crippen LogP contribution in [-0.4, -0.2) is 11.6 Å². The van der Waals surface area contributed by atoms with Gasteiger partial charge >= 0.3 is 0 Å². The van der Waals surface area contributed by atoms with E-state index < -0.39 is 20.0 Å². The number of ketones is 2.